The van der Waals surface area contributed by atoms with E-state index in [0.717, 1.165) is 11.1 Å². The maximum Gasteiger partial charge on any atom is 0.171 e. The van der Waals surface area contributed by atoms with E-state index in [1.54, 1.807) is 12.0 Å². The molecule has 1 rings (SSSR count). The molecule has 0 aliphatic heterocycles. The number of carbonyl (C=O) groups excluding carboxylic acids is 2. The van der Waals surface area contributed by atoms with E-state index in [1.807, 2.05) is 26.0 Å². The number of aryl methyl sites for hydroxylation is 2. The van der Waals surface area contributed by atoms with Crippen LogP contribution < -0.4 is 0 Å². The zero-order chi connectivity index (χ0) is 10.7. The molecule has 0 heterocycles. The topological polar surface area (TPSA) is 34.1 Å². The second kappa shape index (κ2) is 4.03. The van der Waals surface area contributed by atoms with Gasteiger partial charge in [0.25, 0.3) is 0 Å². The molecule has 0 saturated carbocycles. The highest BCUT2D eigenvalue weighted by Crippen LogP contribution is 2.18. The van der Waals surface area contributed by atoms with Crippen molar-refractivity contribution in [2.45, 2.75) is 20.8 Å². The van der Waals surface area contributed by atoms with Crippen LogP contribution in [0.1, 0.15) is 23.6 Å². The molecule has 72 valence electrons. The van der Waals surface area contributed by atoms with Crippen LogP contribution in [-0.2, 0) is 9.59 Å². The maximum atomic E-state index is 11.1. The van der Waals surface area contributed by atoms with Gasteiger partial charge in [0.1, 0.15) is 11.5 Å². The van der Waals surface area contributed by atoms with Crippen LogP contribution >= 0.6 is 0 Å². The first-order chi connectivity index (χ1) is 6.56. The minimum atomic E-state index is -0.244. The van der Waals surface area contributed by atoms with E-state index in [2.05, 4.69) is 0 Å². The Labute approximate surface area is 83.3 Å². The first-order valence-corrected chi connectivity index (χ1v) is 4.40. The summed E-state index contributed by atoms with van der Waals surface area (Å²) >= 11 is 0. The molecule has 2 heteroatoms. The van der Waals surface area contributed by atoms with Crippen molar-refractivity contribution in [3.8, 4) is 0 Å². The Bertz CT molecular complexity index is 424. The van der Waals surface area contributed by atoms with Gasteiger partial charge in [-0.15, -0.1) is 0 Å². The minimum Gasteiger partial charge on any atom is -0.294 e. The number of hydrogen-bond donors (Lipinski definition) is 0. The van der Waals surface area contributed by atoms with Crippen molar-refractivity contribution in [1.29, 1.82) is 0 Å². The van der Waals surface area contributed by atoms with Crippen LogP contribution in [0.3, 0.4) is 0 Å². The number of carbonyl (C=O) groups is 1. The predicted molar refractivity (Wildman–Crippen MR) is 55.7 cm³/mol. The molecule has 0 amide bonds. The largest absolute Gasteiger partial charge is 0.294 e. The van der Waals surface area contributed by atoms with Crippen molar-refractivity contribution in [2.24, 2.45) is 0 Å². The molecule has 0 aromatic heterocycles. The Kier molecular flexibility index (Phi) is 3.00. The average molecular weight is 188 g/mol. The van der Waals surface area contributed by atoms with Gasteiger partial charge in [0, 0.05) is 0 Å². The molecule has 0 fully saturated rings. The SMILES string of the molecule is CC(=O)C(=C=O)c1ccc(C)cc1C. The van der Waals surface area contributed by atoms with E-state index in [-0.39, 0.29) is 11.4 Å². The molecule has 1 aromatic rings. The quantitative estimate of drug-likeness (QED) is 0.526. The first-order valence-electron chi connectivity index (χ1n) is 4.40. The van der Waals surface area contributed by atoms with Crippen LogP contribution in [0.4, 0.5) is 0 Å². The van der Waals surface area contributed by atoms with Gasteiger partial charge in [-0.1, -0.05) is 23.8 Å². The number of rotatable bonds is 2. The van der Waals surface area contributed by atoms with Crippen molar-refractivity contribution < 1.29 is 9.59 Å². The van der Waals surface area contributed by atoms with E-state index in [4.69, 9.17) is 0 Å². The van der Waals surface area contributed by atoms with Gasteiger partial charge in [-0.2, -0.15) is 0 Å². The fourth-order valence-electron chi connectivity index (χ4n) is 1.41. The van der Waals surface area contributed by atoms with Gasteiger partial charge in [0.05, 0.1) is 0 Å². The number of allylic oxidation sites excluding steroid dienone is 1. The fourth-order valence-corrected chi connectivity index (χ4v) is 1.41. The molecule has 0 N–H and O–H groups in total. The summed E-state index contributed by atoms with van der Waals surface area (Å²) in [6.45, 7) is 5.22. The van der Waals surface area contributed by atoms with Gasteiger partial charge in [-0.05, 0) is 31.9 Å². The zero-order valence-corrected chi connectivity index (χ0v) is 8.55. The van der Waals surface area contributed by atoms with E-state index < -0.39 is 0 Å². The summed E-state index contributed by atoms with van der Waals surface area (Å²) in [4.78, 5) is 21.7. The molecule has 14 heavy (non-hydrogen) atoms. The standard InChI is InChI=1S/C12H12O2/c1-8-4-5-11(9(2)6-8)12(7-13)10(3)14/h4-6H,1-3H3. The van der Waals surface area contributed by atoms with Gasteiger partial charge < -0.3 is 0 Å². The number of hydrogen-bond acceptors (Lipinski definition) is 2. The molecule has 2 nitrogen and oxygen atoms in total. The molecule has 0 spiro atoms. The lowest BCUT2D eigenvalue weighted by atomic mass is 9.98. The van der Waals surface area contributed by atoms with E-state index in [9.17, 15) is 9.59 Å². The lowest BCUT2D eigenvalue weighted by Crippen LogP contribution is -1.99. The molecule has 0 aliphatic rings. The van der Waals surface area contributed by atoms with E-state index in [0.29, 0.717) is 5.56 Å². The summed E-state index contributed by atoms with van der Waals surface area (Å²) < 4.78 is 0. The Morgan fingerprint density at radius 3 is 2.36 bits per heavy atom. The smallest absolute Gasteiger partial charge is 0.171 e. The Hall–Kier alpha value is -1.66. The summed E-state index contributed by atoms with van der Waals surface area (Å²) in [5.74, 6) is 1.45. The molecule has 0 aliphatic carbocycles. The molecule has 0 saturated heterocycles. The normalized spacial score (nSPS) is 9.36. The van der Waals surface area contributed by atoms with Gasteiger partial charge >= 0.3 is 0 Å². The zero-order valence-electron chi connectivity index (χ0n) is 8.55. The summed E-state index contributed by atoms with van der Waals surface area (Å²) in [5, 5.41) is 0. The summed E-state index contributed by atoms with van der Waals surface area (Å²) in [7, 11) is 0. The monoisotopic (exact) mass is 188 g/mol. The number of ketones is 1. The molecular weight excluding hydrogens is 176 g/mol. The highest BCUT2D eigenvalue weighted by Gasteiger charge is 2.10. The highest BCUT2D eigenvalue weighted by atomic mass is 16.1. The lowest BCUT2D eigenvalue weighted by molar-refractivity contribution is -0.111. The number of Topliss-reactive ketones (excluding diaryl/α,β-unsaturated/α-hetero) is 1. The van der Waals surface area contributed by atoms with Crippen LogP contribution in [0.15, 0.2) is 18.2 Å². The van der Waals surface area contributed by atoms with E-state index >= 15 is 0 Å². The Morgan fingerprint density at radius 1 is 1.29 bits per heavy atom. The van der Waals surface area contributed by atoms with E-state index in [1.165, 1.54) is 6.92 Å². The number of benzene rings is 1. The van der Waals surface area contributed by atoms with Crippen LogP contribution in [0.2, 0.25) is 0 Å². The Balaban J connectivity index is 3.33. The highest BCUT2D eigenvalue weighted by molar-refractivity contribution is 6.27. The third kappa shape index (κ3) is 1.98. The molecule has 0 bridgehead atoms. The van der Waals surface area contributed by atoms with Crippen molar-refractivity contribution in [3.05, 3.63) is 34.9 Å². The molecule has 0 atom stereocenters. The second-order valence-corrected chi connectivity index (χ2v) is 3.35. The third-order valence-corrected chi connectivity index (χ3v) is 2.11. The molecule has 0 radical (unpaired) electrons. The van der Waals surface area contributed by atoms with Crippen LogP contribution in [0.5, 0.6) is 0 Å². The van der Waals surface area contributed by atoms with Crippen molar-refractivity contribution in [3.63, 3.8) is 0 Å². The van der Waals surface area contributed by atoms with Crippen LogP contribution in [0, 0.1) is 13.8 Å². The maximum absolute atomic E-state index is 11.1. The Morgan fingerprint density at radius 2 is 1.93 bits per heavy atom. The molecular formula is C12H12O2. The second-order valence-electron chi connectivity index (χ2n) is 3.35. The lowest BCUT2D eigenvalue weighted by Gasteiger charge is -2.04. The summed E-state index contributed by atoms with van der Waals surface area (Å²) in [6, 6.07) is 5.60. The van der Waals surface area contributed by atoms with Crippen LogP contribution in [-0.4, -0.2) is 11.7 Å². The van der Waals surface area contributed by atoms with Gasteiger partial charge in [-0.3, -0.25) is 4.79 Å². The average Bonchev–Trinajstić information content (AvgIpc) is 2.09. The summed E-state index contributed by atoms with van der Waals surface area (Å²) in [5.41, 5.74) is 2.85. The third-order valence-electron chi connectivity index (χ3n) is 2.11. The van der Waals surface area contributed by atoms with Crippen LogP contribution in [0.25, 0.3) is 5.57 Å². The predicted octanol–water partition coefficient (Wildman–Crippen LogP) is 2.11. The van der Waals surface area contributed by atoms with Gasteiger partial charge in [0.15, 0.2) is 5.78 Å². The van der Waals surface area contributed by atoms with Gasteiger partial charge in [0.2, 0.25) is 0 Å². The first kappa shape index (κ1) is 10.4. The fraction of sp³-hybridized carbons (Fsp3) is 0.250. The van der Waals surface area contributed by atoms with Crippen molar-refractivity contribution in [2.75, 3.05) is 0 Å². The molecule has 1 aromatic carbocycles. The van der Waals surface area contributed by atoms with Gasteiger partial charge in [-0.25, -0.2) is 4.79 Å². The molecule has 0 unspecified atom stereocenters. The van der Waals surface area contributed by atoms with Crippen molar-refractivity contribution in [1.82, 2.24) is 0 Å². The summed E-state index contributed by atoms with van der Waals surface area (Å²) in [6.07, 6.45) is 0. The van der Waals surface area contributed by atoms with Crippen molar-refractivity contribution >= 4 is 17.3 Å². The minimum absolute atomic E-state index is 0.127.